The molecule has 0 radical (unpaired) electrons. The summed E-state index contributed by atoms with van der Waals surface area (Å²) in [4.78, 5) is 12.1. The van der Waals surface area contributed by atoms with E-state index in [1.54, 1.807) is 12.5 Å². The average molecular weight is 245 g/mol. The second kappa shape index (κ2) is 4.33. The van der Waals surface area contributed by atoms with Crippen LogP contribution in [-0.2, 0) is 6.42 Å². The molecule has 2 N–H and O–H groups in total. The minimum absolute atomic E-state index is 0.0503. The number of aromatic amines is 1. The molecule has 0 saturated heterocycles. The highest BCUT2D eigenvalue weighted by atomic mass is 16.3. The van der Waals surface area contributed by atoms with Gasteiger partial charge in [0.1, 0.15) is 5.76 Å². The van der Waals surface area contributed by atoms with Crippen molar-refractivity contribution in [3.63, 3.8) is 0 Å². The predicted molar refractivity (Wildman–Crippen MR) is 65.2 cm³/mol. The average Bonchev–Trinajstić information content (AvgIpc) is 2.97. The Kier molecular flexibility index (Phi) is 2.66. The molecular weight excluding hydrogens is 230 g/mol. The molecule has 5 heteroatoms. The third-order valence-electron chi connectivity index (χ3n) is 3.43. The number of carbonyl (C=O) groups excluding carboxylic acids is 1. The van der Waals surface area contributed by atoms with Gasteiger partial charge in [0.15, 0.2) is 0 Å². The van der Waals surface area contributed by atoms with Gasteiger partial charge in [-0.2, -0.15) is 5.10 Å². The Labute approximate surface area is 105 Å². The molecule has 2 heterocycles. The topological polar surface area (TPSA) is 70.9 Å². The molecule has 18 heavy (non-hydrogen) atoms. The number of H-pyrrole nitrogens is 1. The molecule has 0 aromatic carbocycles. The van der Waals surface area contributed by atoms with E-state index in [2.05, 4.69) is 15.5 Å². The number of hydrogen-bond acceptors (Lipinski definition) is 3. The summed E-state index contributed by atoms with van der Waals surface area (Å²) in [6, 6.07) is 2.00. The number of furan rings is 1. The lowest BCUT2D eigenvalue weighted by atomic mass is 9.93. The standard InChI is InChI=1S/C13H15N3O2/c1-8-10(7-14-16-8)13(17)15-11-3-2-4-12-9(11)5-6-18-12/h5-7,11H,2-4H2,1H3,(H,14,16)(H,15,17). The zero-order valence-corrected chi connectivity index (χ0v) is 10.2. The van der Waals surface area contributed by atoms with Crippen molar-refractivity contribution in [1.82, 2.24) is 15.5 Å². The SMILES string of the molecule is Cc1[nH]ncc1C(=O)NC1CCCc2occc21. The first kappa shape index (κ1) is 11.1. The fraction of sp³-hybridized carbons (Fsp3) is 0.385. The molecule has 1 aliphatic rings. The summed E-state index contributed by atoms with van der Waals surface area (Å²) in [6.07, 6.45) is 6.20. The van der Waals surface area contributed by atoms with E-state index in [9.17, 15) is 4.79 Å². The zero-order chi connectivity index (χ0) is 12.5. The summed E-state index contributed by atoms with van der Waals surface area (Å²) < 4.78 is 5.41. The van der Waals surface area contributed by atoms with Gasteiger partial charge in [-0.3, -0.25) is 9.89 Å². The smallest absolute Gasteiger partial charge is 0.255 e. The van der Waals surface area contributed by atoms with Crippen molar-refractivity contribution in [1.29, 1.82) is 0 Å². The highest BCUT2D eigenvalue weighted by Gasteiger charge is 2.25. The van der Waals surface area contributed by atoms with Crippen molar-refractivity contribution >= 4 is 5.91 Å². The minimum atomic E-state index is -0.0831. The number of nitrogens with zero attached hydrogens (tertiary/aromatic N) is 1. The van der Waals surface area contributed by atoms with Gasteiger partial charge in [0.05, 0.1) is 24.1 Å². The van der Waals surface area contributed by atoms with Crippen LogP contribution in [0.3, 0.4) is 0 Å². The van der Waals surface area contributed by atoms with Crippen molar-refractivity contribution < 1.29 is 9.21 Å². The number of hydrogen-bond donors (Lipinski definition) is 2. The van der Waals surface area contributed by atoms with Gasteiger partial charge in [0, 0.05) is 17.7 Å². The van der Waals surface area contributed by atoms with Crippen LogP contribution in [0, 0.1) is 6.92 Å². The molecule has 1 unspecified atom stereocenters. The third kappa shape index (κ3) is 1.81. The van der Waals surface area contributed by atoms with Crippen molar-refractivity contribution in [2.24, 2.45) is 0 Å². The van der Waals surface area contributed by atoms with E-state index in [0.717, 1.165) is 36.3 Å². The van der Waals surface area contributed by atoms with Crippen molar-refractivity contribution in [3.8, 4) is 0 Å². The van der Waals surface area contributed by atoms with E-state index in [4.69, 9.17) is 4.42 Å². The Morgan fingerprint density at radius 3 is 3.28 bits per heavy atom. The molecule has 1 atom stereocenters. The number of fused-ring (bicyclic) bond motifs is 1. The summed E-state index contributed by atoms with van der Waals surface area (Å²) in [6.45, 7) is 1.84. The van der Waals surface area contributed by atoms with Crippen molar-refractivity contribution in [2.45, 2.75) is 32.2 Å². The summed E-state index contributed by atoms with van der Waals surface area (Å²) >= 11 is 0. The number of rotatable bonds is 2. The molecular formula is C13H15N3O2. The second-order valence-corrected chi connectivity index (χ2v) is 4.63. The Balaban J connectivity index is 1.79. The fourth-order valence-corrected chi connectivity index (χ4v) is 2.45. The summed E-state index contributed by atoms with van der Waals surface area (Å²) in [5.41, 5.74) is 2.50. The van der Waals surface area contributed by atoms with Crippen molar-refractivity contribution in [2.75, 3.05) is 0 Å². The van der Waals surface area contributed by atoms with Gasteiger partial charge < -0.3 is 9.73 Å². The molecule has 1 aliphatic carbocycles. The van der Waals surface area contributed by atoms with Crippen LogP contribution >= 0.6 is 0 Å². The van der Waals surface area contributed by atoms with E-state index < -0.39 is 0 Å². The lowest BCUT2D eigenvalue weighted by Crippen LogP contribution is -2.30. The van der Waals surface area contributed by atoms with Crippen LogP contribution in [0.2, 0.25) is 0 Å². The lowest BCUT2D eigenvalue weighted by Gasteiger charge is -2.22. The number of carbonyl (C=O) groups is 1. The maximum absolute atomic E-state index is 12.1. The maximum atomic E-state index is 12.1. The maximum Gasteiger partial charge on any atom is 0.255 e. The molecule has 94 valence electrons. The van der Waals surface area contributed by atoms with Gasteiger partial charge in [-0.1, -0.05) is 0 Å². The zero-order valence-electron chi connectivity index (χ0n) is 10.2. The number of aryl methyl sites for hydroxylation is 2. The highest BCUT2D eigenvalue weighted by Crippen LogP contribution is 2.30. The van der Waals surface area contributed by atoms with Gasteiger partial charge in [-0.15, -0.1) is 0 Å². The summed E-state index contributed by atoms with van der Waals surface area (Å²) in [7, 11) is 0. The first-order valence-corrected chi connectivity index (χ1v) is 6.13. The molecule has 2 aromatic rings. The van der Waals surface area contributed by atoms with E-state index in [1.807, 2.05) is 13.0 Å². The van der Waals surface area contributed by atoms with Crippen LogP contribution in [0.15, 0.2) is 22.9 Å². The largest absolute Gasteiger partial charge is 0.469 e. The Hall–Kier alpha value is -2.04. The fourth-order valence-electron chi connectivity index (χ4n) is 2.45. The number of amides is 1. The molecule has 0 spiro atoms. The van der Waals surface area contributed by atoms with Crippen LogP contribution in [0.5, 0.6) is 0 Å². The van der Waals surface area contributed by atoms with E-state index >= 15 is 0 Å². The van der Waals surface area contributed by atoms with Crippen LogP contribution in [-0.4, -0.2) is 16.1 Å². The lowest BCUT2D eigenvalue weighted by molar-refractivity contribution is 0.0931. The molecule has 0 bridgehead atoms. The molecule has 2 aromatic heterocycles. The Morgan fingerprint density at radius 1 is 1.61 bits per heavy atom. The van der Waals surface area contributed by atoms with Crippen LogP contribution in [0.25, 0.3) is 0 Å². The molecule has 0 aliphatic heterocycles. The highest BCUT2D eigenvalue weighted by molar-refractivity contribution is 5.95. The van der Waals surface area contributed by atoms with Gasteiger partial charge >= 0.3 is 0 Å². The van der Waals surface area contributed by atoms with E-state index in [-0.39, 0.29) is 11.9 Å². The van der Waals surface area contributed by atoms with Crippen LogP contribution in [0.4, 0.5) is 0 Å². The quantitative estimate of drug-likeness (QED) is 0.851. The van der Waals surface area contributed by atoms with Gasteiger partial charge in [-0.25, -0.2) is 0 Å². The second-order valence-electron chi connectivity index (χ2n) is 4.63. The summed E-state index contributed by atoms with van der Waals surface area (Å²) in [5, 5.41) is 9.68. The van der Waals surface area contributed by atoms with Gasteiger partial charge in [0.25, 0.3) is 5.91 Å². The molecule has 3 rings (SSSR count). The predicted octanol–water partition coefficient (Wildman–Crippen LogP) is 2.12. The monoisotopic (exact) mass is 245 g/mol. The first-order chi connectivity index (χ1) is 8.75. The Bertz CT molecular complexity index is 570. The minimum Gasteiger partial charge on any atom is -0.469 e. The van der Waals surface area contributed by atoms with Crippen LogP contribution in [0.1, 0.15) is 46.3 Å². The van der Waals surface area contributed by atoms with Gasteiger partial charge in [0.2, 0.25) is 0 Å². The normalized spacial score (nSPS) is 18.4. The van der Waals surface area contributed by atoms with E-state index in [1.165, 1.54) is 0 Å². The first-order valence-electron chi connectivity index (χ1n) is 6.13. The Morgan fingerprint density at radius 2 is 2.50 bits per heavy atom. The van der Waals surface area contributed by atoms with Gasteiger partial charge in [-0.05, 0) is 25.8 Å². The molecule has 1 amide bonds. The third-order valence-corrected chi connectivity index (χ3v) is 3.43. The molecule has 5 nitrogen and oxygen atoms in total. The molecule has 0 saturated carbocycles. The van der Waals surface area contributed by atoms with E-state index in [0.29, 0.717) is 5.56 Å². The number of nitrogens with one attached hydrogen (secondary N) is 2. The van der Waals surface area contributed by atoms with Crippen LogP contribution < -0.4 is 5.32 Å². The summed E-state index contributed by atoms with van der Waals surface area (Å²) in [5.74, 6) is 0.913. The molecule has 0 fully saturated rings. The van der Waals surface area contributed by atoms with Crippen molar-refractivity contribution in [3.05, 3.63) is 41.1 Å². The number of aromatic nitrogens is 2.